The first-order valence-corrected chi connectivity index (χ1v) is 7.08. The Morgan fingerprint density at radius 1 is 1.26 bits per heavy atom. The Balaban J connectivity index is 1.78. The summed E-state index contributed by atoms with van der Waals surface area (Å²) in [5.41, 5.74) is 9.37. The van der Waals surface area contributed by atoms with Crippen molar-refractivity contribution in [1.29, 1.82) is 0 Å². The average molecular weight is 258 g/mol. The van der Waals surface area contributed by atoms with Crippen LogP contribution in [0.15, 0.2) is 18.2 Å². The van der Waals surface area contributed by atoms with Crippen molar-refractivity contribution >= 4 is 16.7 Å². The van der Waals surface area contributed by atoms with Crippen LogP contribution in [0.25, 0.3) is 11.0 Å². The number of nitrogens with zero attached hydrogens (tertiary/aromatic N) is 2. The molecule has 1 aromatic heterocycles. The summed E-state index contributed by atoms with van der Waals surface area (Å²) >= 11 is 0. The van der Waals surface area contributed by atoms with E-state index in [1.807, 2.05) is 6.92 Å². The predicted molar refractivity (Wildman–Crippen MR) is 79.3 cm³/mol. The van der Waals surface area contributed by atoms with Gasteiger partial charge >= 0.3 is 0 Å². The van der Waals surface area contributed by atoms with Crippen molar-refractivity contribution in [2.45, 2.75) is 44.7 Å². The molecule has 4 nitrogen and oxygen atoms in total. The van der Waals surface area contributed by atoms with E-state index in [-0.39, 0.29) is 0 Å². The molecule has 2 aromatic rings. The molecule has 1 aliphatic rings. The van der Waals surface area contributed by atoms with Crippen LogP contribution in [0.5, 0.6) is 0 Å². The van der Waals surface area contributed by atoms with Crippen molar-refractivity contribution in [2.75, 3.05) is 5.32 Å². The van der Waals surface area contributed by atoms with E-state index in [1.165, 1.54) is 24.0 Å². The number of hydrogen-bond acceptors (Lipinski definition) is 3. The van der Waals surface area contributed by atoms with Gasteiger partial charge in [-0.15, -0.1) is 0 Å². The highest BCUT2D eigenvalue weighted by Gasteiger charge is 2.18. The molecule has 0 unspecified atom stereocenters. The average Bonchev–Trinajstić information content (AvgIpc) is 2.68. The minimum atomic E-state index is 0.402. The molecule has 102 valence electrons. The van der Waals surface area contributed by atoms with Gasteiger partial charge in [0, 0.05) is 24.8 Å². The number of nitrogens with one attached hydrogen (secondary N) is 1. The molecule has 0 amide bonds. The SMILES string of the molecule is Cc1nc2cc(NC3CCC(N)CC3)ccc2n1C. The second-order valence-electron chi connectivity index (χ2n) is 5.68. The molecule has 0 saturated heterocycles. The molecule has 4 heteroatoms. The molecule has 1 aliphatic carbocycles. The monoisotopic (exact) mass is 258 g/mol. The lowest BCUT2D eigenvalue weighted by Crippen LogP contribution is -2.32. The fraction of sp³-hybridized carbons (Fsp3) is 0.533. The smallest absolute Gasteiger partial charge is 0.106 e. The lowest BCUT2D eigenvalue weighted by atomic mass is 9.91. The second kappa shape index (κ2) is 4.85. The summed E-state index contributed by atoms with van der Waals surface area (Å²) in [6, 6.07) is 7.40. The van der Waals surface area contributed by atoms with Crippen molar-refractivity contribution in [3.05, 3.63) is 24.0 Å². The highest BCUT2D eigenvalue weighted by Crippen LogP contribution is 2.24. The quantitative estimate of drug-likeness (QED) is 0.870. The fourth-order valence-electron chi connectivity index (χ4n) is 2.91. The van der Waals surface area contributed by atoms with Crippen molar-refractivity contribution in [3.8, 4) is 0 Å². The van der Waals surface area contributed by atoms with E-state index in [9.17, 15) is 0 Å². The molecule has 1 aromatic carbocycles. The number of benzene rings is 1. The minimum Gasteiger partial charge on any atom is -0.382 e. The molecule has 1 fully saturated rings. The first-order valence-electron chi connectivity index (χ1n) is 7.08. The minimum absolute atomic E-state index is 0.402. The number of nitrogens with two attached hydrogens (primary N) is 1. The highest BCUT2D eigenvalue weighted by molar-refractivity contribution is 5.80. The molecular weight excluding hydrogens is 236 g/mol. The van der Waals surface area contributed by atoms with E-state index in [0.29, 0.717) is 12.1 Å². The Bertz CT molecular complexity index is 579. The van der Waals surface area contributed by atoms with Crippen LogP contribution >= 0.6 is 0 Å². The third-order valence-electron chi connectivity index (χ3n) is 4.25. The van der Waals surface area contributed by atoms with Crippen molar-refractivity contribution < 1.29 is 0 Å². The van der Waals surface area contributed by atoms with Crippen molar-refractivity contribution in [1.82, 2.24) is 9.55 Å². The summed E-state index contributed by atoms with van der Waals surface area (Å²) in [6.45, 7) is 2.04. The zero-order valence-corrected chi connectivity index (χ0v) is 11.7. The fourth-order valence-corrected chi connectivity index (χ4v) is 2.91. The van der Waals surface area contributed by atoms with Gasteiger partial charge in [-0.2, -0.15) is 0 Å². The Hall–Kier alpha value is -1.55. The van der Waals surface area contributed by atoms with Crippen LogP contribution in [0.2, 0.25) is 0 Å². The van der Waals surface area contributed by atoms with Gasteiger partial charge in [-0.3, -0.25) is 0 Å². The van der Waals surface area contributed by atoms with E-state index in [1.54, 1.807) is 0 Å². The van der Waals surface area contributed by atoms with Gasteiger partial charge in [-0.1, -0.05) is 0 Å². The normalized spacial score (nSPS) is 23.7. The molecule has 3 rings (SSSR count). The Morgan fingerprint density at radius 3 is 2.74 bits per heavy atom. The first kappa shape index (κ1) is 12.5. The number of rotatable bonds is 2. The molecule has 0 radical (unpaired) electrons. The third kappa shape index (κ3) is 2.45. The Kier molecular flexibility index (Phi) is 3.19. The molecule has 0 atom stereocenters. The van der Waals surface area contributed by atoms with Gasteiger partial charge in [0.05, 0.1) is 11.0 Å². The predicted octanol–water partition coefficient (Wildman–Crippen LogP) is 2.56. The van der Waals surface area contributed by atoms with Gasteiger partial charge in [0.25, 0.3) is 0 Å². The van der Waals surface area contributed by atoms with Crippen LogP contribution in [0.3, 0.4) is 0 Å². The van der Waals surface area contributed by atoms with Crippen LogP contribution in [-0.4, -0.2) is 21.6 Å². The lowest BCUT2D eigenvalue weighted by Gasteiger charge is -2.27. The maximum atomic E-state index is 5.94. The molecule has 0 bridgehead atoms. The standard InChI is InChI=1S/C15H22N4/c1-10-17-14-9-13(7-8-15(14)19(10)2)18-12-5-3-11(16)4-6-12/h7-9,11-12,18H,3-6,16H2,1-2H3. The summed E-state index contributed by atoms with van der Waals surface area (Å²) in [4.78, 5) is 4.58. The maximum absolute atomic E-state index is 5.94. The number of anilines is 1. The molecule has 3 N–H and O–H groups in total. The third-order valence-corrected chi connectivity index (χ3v) is 4.25. The molecule has 1 saturated carbocycles. The molecule has 1 heterocycles. The van der Waals surface area contributed by atoms with Crippen LogP contribution in [0.4, 0.5) is 5.69 Å². The van der Waals surface area contributed by atoms with E-state index < -0.39 is 0 Å². The zero-order valence-electron chi connectivity index (χ0n) is 11.7. The molecular formula is C15H22N4. The molecule has 19 heavy (non-hydrogen) atoms. The Labute approximate surface area is 114 Å². The van der Waals surface area contributed by atoms with Crippen LogP contribution in [0, 0.1) is 6.92 Å². The molecule has 0 spiro atoms. The van der Waals surface area contributed by atoms with Gasteiger partial charge in [0.2, 0.25) is 0 Å². The zero-order chi connectivity index (χ0) is 13.4. The lowest BCUT2D eigenvalue weighted by molar-refractivity contribution is 0.411. The van der Waals surface area contributed by atoms with Gasteiger partial charge in [0.1, 0.15) is 5.82 Å². The van der Waals surface area contributed by atoms with Gasteiger partial charge in [0.15, 0.2) is 0 Å². The highest BCUT2D eigenvalue weighted by atomic mass is 15.1. The number of aryl methyl sites for hydroxylation is 2. The summed E-state index contributed by atoms with van der Waals surface area (Å²) in [5, 5.41) is 3.62. The Morgan fingerprint density at radius 2 is 2.00 bits per heavy atom. The number of aromatic nitrogens is 2. The summed E-state index contributed by atoms with van der Waals surface area (Å²) in [7, 11) is 2.06. The van der Waals surface area contributed by atoms with Crippen molar-refractivity contribution in [3.63, 3.8) is 0 Å². The van der Waals surface area contributed by atoms with Crippen molar-refractivity contribution in [2.24, 2.45) is 12.8 Å². The van der Waals surface area contributed by atoms with Gasteiger partial charge in [-0.05, 0) is 50.8 Å². The number of fused-ring (bicyclic) bond motifs is 1. The van der Waals surface area contributed by atoms with E-state index in [0.717, 1.165) is 24.2 Å². The largest absolute Gasteiger partial charge is 0.382 e. The van der Waals surface area contributed by atoms with Crippen LogP contribution < -0.4 is 11.1 Å². The van der Waals surface area contributed by atoms with Gasteiger partial charge in [-0.25, -0.2) is 4.98 Å². The van der Waals surface area contributed by atoms with E-state index in [4.69, 9.17) is 5.73 Å². The number of hydrogen-bond donors (Lipinski definition) is 2. The number of imidazole rings is 1. The van der Waals surface area contributed by atoms with Crippen LogP contribution in [0.1, 0.15) is 31.5 Å². The molecule has 0 aliphatic heterocycles. The van der Waals surface area contributed by atoms with E-state index >= 15 is 0 Å². The summed E-state index contributed by atoms with van der Waals surface area (Å²) in [5.74, 6) is 1.05. The summed E-state index contributed by atoms with van der Waals surface area (Å²) < 4.78 is 2.12. The van der Waals surface area contributed by atoms with E-state index in [2.05, 4.69) is 40.1 Å². The van der Waals surface area contributed by atoms with Gasteiger partial charge < -0.3 is 15.6 Å². The summed E-state index contributed by atoms with van der Waals surface area (Å²) in [6.07, 6.45) is 4.59. The maximum Gasteiger partial charge on any atom is 0.106 e. The topological polar surface area (TPSA) is 55.9 Å². The van der Waals surface area contributed by atoms with Crippen LogP contribution in [-0.2, 0) is 7.05 Å². The second-order valence-corrected chi connectivity index (χ2v) is 5.68. The first-order chi connectivity index (χ1) is 9.13.